The first-order chi connectivity index (χ1) is 7.85. The summed E-state index contributed by atoms with van der Waals surface area (Å²) in [6.07, 6.45) is 0. The highest BCUT2D eigenvalue weighted by Gasteiger charge is 2.11. The Labute approximate surface area is 102 Å². The molecule has 5 nitrogen and oxygen atoms in total. The number of hydrogen-bond acceptors (Lipinski definition) is 4. The molecule has 0 amide bonds. The molecule has 0 bridgehead atoms. The molecule has 0 saturated heterocycles. The molecule has 90 valence electrons. The lowest BCUT2D eigenvalue weighted by Crippen LogP contribution is -2.01. The quantitative estimate of drug-likeness (QED) is 0.639. The Hall–Kier alpha value is -1.20. The molecular formula is C10H9O5PS. The van der Waals surface area contributed by atoms with Crippen molar-refractivity contribution in [2.45, 2.75) is 6.92 Å². The van der Waals surface area contributed by atoms with Gasteiger partial charge >= 0.3 is 12.3 Å². The SMILES string of the molecule is Cc1cc2ccc(OP(O)(O)=S)cc2oc1=O. The average Bonchev–Trinajstić information content (AvgIpc) is 2.18. The largest absolute Gasteiger partial charge is 0.424 e. The fraction of sp³-hybridized carbons (Fsp3) is 0.100. The van der Waals surface area contributed by atoms with E-state index in [-0.39, 0.29) is 5.75 Å². The van der Waals surface area contributed by atoms with Gasteiger partial charge in [-0.3, -0.25) is 0 Å². The zero-order valence-corrected chi connectivity index (χ0v) is 10.5. The van der Waals surface area contributed by atoms with Crippen molar-refractivity contribution in [3.05, 3.63) is 40.2 Å². The monoisotopic (exact) mass is 272 g/mol. The topological polar surface area (TPSA) is 79.9 Å². The molecule has 2 aromatic rings. The minimum atomic E-state index is -3.77. The molecule has 1 heterocycles. The molecular weight excluding hydrogens is 263 g/mol. The lowest BCUT2D eigenvalue weighted by molar-refractivity contribution is 0.370. The van der Waals surface area contributed by atoms with Gasteiger partial charge in [0.1, 0.15) is 11.3 Å². The third kappa shape index (κ3) is 2.92. The molecule has 7 heteroatoms. The summed E-state index contributed by atoms with van der Waals surface area (Å²) in [6, 6.07) is 6.24. The van der Waals surface area contributed by atoms with E-state index in [9.17, 15) is 4.79 Å². The van der Waals surface area contributed by atoms with Crippen LogP contribution in [0.1, 0.15) is 5.56 Å². The second-order valence-corrected chi connectivity index (χ2v) is 6.09. The lowest BCUT2D eigenvalue weighted by Gasteiger charge is -2.09. The Kier molecular flexibility index (Phi) is 3.05. The molecule has 0 aliphatic carbocycles. The van der Waals surface area contributed by atoms with Crippen LogP contribution in [0.4, 0.5) is 0 Å². The van der Waals surface area contributed by atoms with Crippen molar-refractivity contribution in [1.82, 2.24) is 0 Å². The summed E-state index contributed by atoms with van der Waals surface area (Å²) >= 11 is 4.34. The van der Waals surface area contributed by atoms with E-state index < -0.39 is 12.3 Å². The van der Waals surface area contributed by atoms with E-state index >= 15 is 0 Å². The summed E-state index contributed by atoms with van der Waals surface area (Å²) in [7, 11) is 0. The maximum Gasteiger partial charge on any atom is 0.375 e. The molecule has 0 spiro atoms. The molecule has 2 rings (SSSR count). The number of aryl methyl sites for hydroxylation is 1. The van der Waals surface area contributed by atoms with E-state index in [2.05, 4.69) is 11.8 Å². The fourth-order valence-electron chi connectivity index (χ4n) is 1.39. The van der Waals surface area contributed by atoms with Gasteiger partial charge in [0.25, 0.3) is 0 Å². The van der Waals surface area contributed by atoms with Crippen LogP contribution in [0.25, 0.3) is 11.0 Å². The zero-order chi connectivity index (χ0) is 12.6. The van der Waals surface area contributed by atoms with Gasteiger partial charge in [-0.25, -0.2) is 4.79 Å². The maximum absolute atomic E-state index is 11.3. The van der Waals surface area contributed by atoms with Crippen LogP contribution in [-0.2, 0) is 11.8 Å². The Balaban J connectivity index is 2.54. The molecule has 0 unspecified atom stereocenters. The van der Waals surface area contributed by atoms with Crippen LogP contribution < -0.4 is 10.1 Å². The van der Waals surface area contributed by atoms with Gasteiger partial charge in [-0.2, -0.15) is 0 Å². The van der Waals surface area contributed by atoms with E-state index in [1.807, 2.05) is 0 Å². The van der Waals surface area contributed by atoms with Crippen molar-refractivity contribution in [2.75, 3.05) is 0 Å². The van der Waals surface area contributed by atoms with Crippen molar-refractivity contribution >= 4 is 29.5 Å². The van der Waals surface area contributed by atoms with Crippen LogP contribution in [0.15, 0.2) is 33.5 Å². The number of hydrogen-bond donors (Lipinski definition) is 2. The van der Waals surface area contributed by atoms with Gasteiger partial charge in [0, 0.05) is 28.8 Å². The standard InChI is InChI=1S/C10H9O5PS/c1-6-4-7-2-3-8(15-16(12,13)17)5-9(7)14-10(6)11/h2-5H,1H3,(H2,12,13,17). The van der Waals surface area contributed by atoms with Crippen molar-refractivity contribution in [3.63, 3.8) is 0 Å². The second kappa shape index (κ2) is 4.23. The first-order valence-corrected chi connectivity index (χ1v) is 7.27. The van der Waals surface area contributed by atoms with E-state index in [4.69, 9.17) is 18.7 Å². The maximum atomic E-state index is 11.3. The second-order valence-electron chi connectivity index (χ2n) is 3.50. The minimum Gasteiger partial charge on any atom is -0.424 e. The van der Waals surface area contributed by atoms with E-state index in [0.717, 1.165) is 5.39 Å². The average molecular weight is 272 g/mol. The molecule has 0 fully saturated rings. The summed E-state index contributed by atoms with van der Waals surface area (Å²) in [5, 5.41) is 0.721. The molecule has 2 N–H and O–H groups in total. The lowest BCUT2D eigenvalue weighted by atomic mass is 10.2. The highest BCUT2D eigenvalue weighted by molar-refractivity contribution is 8.06. The molecule has 0 atom stereocenters. The smallest absolute Gasteiger partial charge is 0.375 e. The van der Waals surface area contributed by atoms with Crippen molar-refractivity contribution in [3.8, 4) is 5.75 Å². The van der Waals surface area contributed by atoms with Gasteiger partial charge in [-0.05, 0) is 25.1 Å². The Morgan fingerprint density at radius 3 is 2.71 bits per heavy atom. The minimum absolute atomic E-state index is 0.151. The summed E-state index contributed by atoms with van der Waals surface area (Å²) in [6.45, 7) is -2.12. The third-order valence-electron chi connectivity index (χ3n) is 2.11. The highest BCUT2D eigenvalue weighted by atomic mass is 32.5. The van der Waals surface area contributed by atoms with E-state index in [1.165, 1.54) is 12.1 Å². The fourth-order valence-corrected chi connectivity index (χ4v) is 2.04. The number of fused-ring (bicyclic) bond motifs is 1. The van der Waals surface area contributed by atoms with E-state index in [0.29, 0.717) is 11.1 Å². The zero-order valence-electron chi connectivity index (χ0n) is 8.78. The molecule has 17 heavy (non-hydrogen) atoms. The summed E-state index contributed by atoms with van der Waals surface area (Å²) in [5.41, 5.74) is 0.365. The van der Waals surface area contributed by atoms with Gasteiger partial charge in [-0.1, -0.05) is 0 Å². The summed E-state index contributed by atoms with van der Waals surface area (Å²) in [5.74, 6) is 0.151. The molecule has 0 aliphatic heterocycles. The number of benzene rings is 1. The van der Waals surface area contributed by atoms with Crippen LogP contribution in [0.2, 0.25) is 0 Å². The van der Waals surface area contributed by atoms with Crippen LogP contribution >= 0.6 is 6.72 Å². The van der Waals surface area contributed by atoms with Gasteiger partial charge in [-0.15, -0.1) is 0 Å². The number of rotatable bonds is 2. The van der Waals surface area contributed by atoms with Crippen LogP contribution in [0.5, 0.6) is 5.75 Å². The highest BCUT2D eigenvalue weighted by Crippen LogP contribution is 2.38. The van der Waals surface area contributed by atoms with Gasteiger partial charge < -0.3 is 18.7 Å². The molecule has 0 aliphatic rings. The van der Waals surface area contributed by atoms with Gasteiger partial charge in [0.15, 0.2) is 0 Å². The molecule has 1 aromatic heterocycles. The predicted molar refractivity (Wildman–Crippen MR) is 66.6 cm³/mol. The van der Waals surface area contributed by atoms with Crippen molar-refractivity contribution < 1.29 is 18.7 Å². The van der Waals surface area contributed by atoms with Crippen molar-refractivity contribution in [2.24, 2.45) is 0 Å². The molecule has 0 radical (unpaired) electrons. The first-order valence-electron chi connectivity index (χ1n) is 4.65. The van der Waals surface area contributed by atoms with Crippen LogP contribution in [0.3, 0.4) is 0 Å². The Morgan fingerprint density at radius 2 is 2.06 bits per heavy atom. The first kappa shape index (κ1) is 12.3. The summed E-state index contributed by atoms with van der Waals surface area (Å²) in [4.78, 5) is 29.3. The van der Waals surface area contributed by atoms with Gasteiger partial charge in [0.05, 0.1) is 0 Å². The molecule has 0 saturated carbocycles. The van der Waals surface area contributed by atoms with Crippen LogP contribution in [0, 0.1) is 6.92 Å². The normalized spacial score (nSPS) is 11.7. The summed E-state index contributed by atoms with van der Waals surface area (Å²) < 4.78 is 9.78. The Bertz CT molecular complexity index is 672. The molecule has 1 aromatic carbocycles. The predicted octanol–water partition coefficient (Wildman–Crippen LogP) is 1.69. The third-order valence-corrected chi connectivity index (χ3v) is 2.78. The van der Waals surface area contributed by atoms with Crippen molar-refractivity contribution in [1.29, 1.82) is 0 Å². The van der Waals surface area contributed by atoms with Crippen LogP contribution in [-0.4, -0.2) is 9.79 Å². The Morgan fingerprint density at radius 1 is 1.35 bits per heavy atom. The van der Waals surface area contributed by atoms with Gasteiger partial charge in [0.2, 0.25) is 0 Å². The van der Waals surface area contributed by atoms with E-state index in [1.54, 1.807) is 19.1 Å².